The molecule has 0 radical (unpaired) electrons. The lowest BCUT2D eigenvalue weighted by Crippen LogP contribution is -2.46. The van der Waals surface area contributed by atoms with Crippen LogP contribution in [0.25, 0.3) is 5.69 Å². The van der Waals surface area contributed by atoms with Crippen molar-refractivity contribution in [1.82, 2.24) is 15.0 Å². The fourth-order valence-electron chi connectivity index (χ4n) is 2.39. The van der Waals surface area contributed by atoms with Gasteiger partial charge >= 0.3 is 0 Å². The third-order valence-electron chi connectivity index (χ3n) is 3.78. The van der Waals surface area contributed by atoms with Crippen LogP contribution in [-0.2, 0) is 14.8 Å². The topological polar surface area (TPSA) is 111 Å². The fourth-order valence-corrected chi connectivity index (χ4v) is 3.63. The Bertz CT molecular complexity index is 732. The van der Waals surface area contributed by atoms with E-state index in [0.29, 0.717) is 24.2 Å². The van der Waals surface area contributed by atoms with E-state index in [1.54, 1.807) is 18.3 Å². The minimum Gasteiger partial charge on any atom is -0.508 e. The Morgan fingerprint density at radius 2 is 1.90 bits per heavy atom. The van der Waals surface area contributed by atoms with E-state index in [0.717, 1.165) is 6.42 Å². The Morgan fingerprint density at radius 3 is 2.40 bits per heavy atom. The van der Waals surface area contributed by atoms with Crippen molar-refractivity contribution in [3.8, 4) is 11.4 Å². The molecule has 1 aliphatic carbocycles. The van der Waals surface area contributed by atoms with Gasteiger partial charge < -0.3 is 5.11 Å². The largest absolute Gasteiger partial charge is 0.508 e. The summed E-state index contributed by atoms with van der Waals surface area (Å²) < 4.78 is 24.0. The first-order valence-corrected chi connectivity index (χ1v) is 7.72. The number of aromatic nitrogens is 3. The van der Waals surface area contributed by atoms with Gasteiger partial charge in [-0.2, -0.15) is 0 Å². The summed E-state index contributed by atoms with van der Waals surface area (Å²) in [6.07, 6.45) is 3.33. The molecule has 0 saturated heterocycles. The van der Waals surface area contributed by atoms with Crippen LogP contribution in [0.1, 0.15) is 25.0 Å². The third-order valence-corrected chi connectivity index (χ3v) is 5.49. The number of benzene rings is 1. The molecule has 20 heavy (non-hydrogen) atoms. The van der Waals surface area contributed by atoms with Crippen LogP contribution >= 0.6 is 0 Å². The molecule has 0 bridgehead atoms. The van der Waals surface area contributed by atoms with Crippen molar-refractivity contribution in [2.24, 2.45) is 5.14 Å². The highest BCUT2D eigenvalue weighted by molar-refractivity contribution is 7.90. The lowest BCUT2D eigenvalue weighted by atomic mass is 9.82. The third kappa shape index (κ3) is 1.88. The van der Waals surface area contributed by atoms with Gasteiger partial charge in [0.25, 0.3) is 0 Å². The molecule has 8 heteroatoms. The number of aromatic hydroxyl groups is 1. The summed E-state index contributed by atoms with van der Waals surface area (Å²) in [5.74, 6) is 0.147. The lowest BCUT2D eigenvalue weighted by molar-refractivity contribution is 0.337. The Kier molecular flexibility index (Phi) is 2.80. The highest BCUT2D eigenvalue weighted by atomic mass is 32.2. The average molecular weight is 294 g/mol. The lowest BCUT2D eigenvalue weighted by Gasteiger charge is -2.37. The molecule has 0 spiro atoms. The first kappa shape index (κ1) is 13.1. The molecule has 1 aromatic carbocycles. The number of phenols is 1. The summed E-state index contributed by atoms with van der Waals surface area (Å²) >= 11 is 0. The normalized spacial score (nSPS) is 17.6. The maximum Gasteiger partial charge on any atom is 0.220 e. The molecule has 2 aromatic rings. The molecule has 106 valence electrons. The first-order valence-electron chi connectivity index (χ1n) is 6.17. The molecule has 1 aliphatic rings. The molecule has 1 fully saturated rings. The molecule has 1 aromatic heterocycles. The predicted molar refractivity (Wildman–Crippen MR) is 71.7 cm³/mol. The highest BCUT2D eigenvalue weighted by Crippen LogP contribution is 2.46. The summed E-state index contributed by atoms with van der Waals surface area (Å²) in [4.78, 5) is 0. The van der Waals surface area contributed by atoms with Crippen LogP contribution in [0.5, 0.6) is 5.75 Å². The number of sulfonamides is 1. The second-order valence-corrected chi connectivity index (χ2v) is 6.83. The highest BCUT2D eigenvalue weighted by Gasteiger charge is 2.50. The molecule has 3 N–H and O–H groups in total. The summed E-state index contributed by atoms with van der Waals surface area (Å²) in [5, 5.41) is 22.5. The second-order valence-electron chi connectivity index (χ2n) is 4.96. The number of rotatable bonds is 3. The molecule has 3 rings (SSSR count). The molecular formula is C12H14N4O3S. The van der Waals surface area contributed by atoms with Crippen molar-refractivity contribution in [1.29, 1.82) is 0 Å². The van der Waals surface area contributed by atoms with Crippen molar-refractivity contribution >= 4 is 10.0 Å². The minimum absolute atomic E-state index is 0.147. The predicted octanol–water partition coefficient (Wildman–Crippen LogP) is 0.641. The van der Waals surface area contributed by atoms with Crippen LogP contribution in [0.2, 0.25) is 0 Å². The molecule has 0 amide bonds. The zero-order valence-corrected chi connectivity index (χ0v) is 11.4. The minimum atomic E-state index is -3.71. The van der Waals surface area contributed by atoms with E-state index in [1.165, 1.54) is 16.8 Å². The van der Waals surface area contributed by atoms with Gasteiger partial charge in [0.15, 0.2) is 0 Å². The van der Waals surface area contributed by atoms with Gasteiger partial charge in [-0.15, -0.1) is 5.10 Å². The zero-order valence-electron chi connectivity index (χ0n) is 10.6. The Hall–Kier alpha value is -1.93. The standard InChI is InChI=1S/C12H14N4O3S/c13-20(18,19)12(6-1-7-12)11-8-16(15-14-11)9-2-4-10(17)5-3-9/h2-5,8,17H,1,6-7H2,(H2,13,18,19). The van der Waals surface area contributed by atoms with Crippen LogP contribution < -0.4 is 5.14 Å². The quantitative estimate of drug-likeness (QED) is 0.863. The maximum absolute atomic E-state index is 11.8. The Labute approximate surface area is 116 Å². The molecule has 0 aliphatic heterocycles. The van der Waals surface area contributed by atoms with Crippen molar-refractivity contribution in [3.63, 3.8) is 0 Å². The summed E-state index contributed by atoms with van der Waals surface area (Å²) in [5.41, 5.74) is 1.06. The molecule has 7 nitrogen and oxygen atoms in total. The second kappa shape index (κ2) is 4.29. The molecule has 0 atom stereocenters. The van der Waals surface area contributed by atoms with Crippen LogP contribution in [0.15, 0.2) is 30.5 Å². The number of phenolic OH excluding ortho intramolecular Hbond substituents is 1. The number of nitrogens with two attached hydrogens (primary N) is 1. The van der Waals surface area contributed by atoms with E-state index in [-0.39, 0.29) is 5.75 Å². The van der Waals surface area contributed by atoms with Gasteiger partial charge in [0.1, 0.15) is 16.2 Å². The number of hydrogen-bond acceptors (Lipinski definition) is 5. The van der Waals surface area contributed by atoms with Gasteiger partial charge in [0.2, 0.25) is 10.0 Å². The van der Waals surface area contributed by atoms with Crippen molar-refractivity contribution in [2.75, 3.05) is 0 Å². The van der Waals surface area contributed by atoms with Gasteiger partial charge in [-0.05, 0) is 43.5 Å². The van der Waals surface area contributed by atoms with Gasteiger partial charge in [-0.25, -0.2) is 18.2 Å². The van der Waals surface area contributed by atoms with Crippen molar-refractivity contribution in [2.45, 2.75) is 24.0 Å². The molecule has 0 unspecified atom stereocenters. The van der Waals surface area contributed by atoms with Gasteiger partial charge in [0, 0.05) is 0 Å². The van der Waals surface area contributed by atoms with Crippen molar-refractivity contribution in [3.05, 3.63) is 36.2 Å². The van der Waals surface area contributed by atoms with Crippen LogP contribution in [0.4, 0.5) is 0 Å². The molecule has 1 saturated carbocycles. The zero-order chi connectivity index (χ0) is 14.4. The Balaban J connectivity index is 2.00. The van der Waals surface area contributed by atoms with E-state index >= 15 is 0 Å². The van der Waals surface area contributed by atoms with E-state index < -0.39 is 14.8 Å². The summed E-state index contributed by atoms with van der Waals surface area (Å²) in [6, 6.07) is 6.38. The number of primary sulfonamides is 1. The summed E-state index contributed by atoms with van der Waals surface area (Å²) in [7, 11) is -3.71. The molecule has 1 heterocycles. The van der Waals surface area contributed by atoms with E-state index in [2.05, 4.69) is 10.3 Å². The number of hydrogen-bond donors (Lipinski definition) is 2. The van der Waals surface area contributed by atoms with Crippen LogP contribution in [0.3, 0.4) is 0 Å². The average Bonchev–Trinajstić information content (AvgIpc) is 2.76. The first-order chi connectivity index (χ1) is 9.42. The maximum atomic E-state index is 11.8. The SMILES string of the molecule is NS(=O)(=O)C1(c2cn(-c3ccc(O)cc3)nn2)CCC1. The van der Waals surface area contributed by atoms with Crippen LogP contribution in [-0.4, -0.2) is 28.5 Å². The van der Waals surface area contributed by atoms with E-state index in [4.69, 9.17) is 5.14 Å². The summed E-state index contributed by atoms with van der Waals surface area (Å²) in [6.45, 7) is 0. The monoisotopic (exact) mass is 294 g/mol. The van der Waals surface area contributed by atoms with Crippen LogP contribution in [0, 0.1) is 0 Å². The van der Waals surface area contributed by atoms with E-state index in [9.17, 15) is 13.5 Å². The molecular weight excluding hydrogens is 280 g/mol. The number of nitrogens with zero attached hydrogens (tertiary/aromatic N) is 3. The van der Waals surface area contributed by atoms with Crippen molar-refractivity contribution < 1.29 is 13.5 Å². The van der Waals surface area contributed by atoms with Gasteiger partial charge in [-0.1, -0.05) is 5.21 Å². The van der Waals surface area contributed by atoms with Gasteiger partial charge in [-0.3, -0.25) is 0 Å². The Morgan fingerprint density at radius 1 is 1.25 bits per heavy atom. The van der Waals surface area contributed by atoms with Gasteiger partial charge in [0.05, 0.1) is 11.9 Å². The fraction of sp³-hybridized carbons (Fsp3) is 0.333. The van der Waals surface area contributed by atoms with E-state index in [1.807, 2.05) is 0 Å². The smallest absolute Gasteiger partial charge is 0.220 e.